The number of aldehydes is 1. The molecular formula is C13H16O3. The van der Waals surface area contributed by atoms with Crippen LogP contribution < -0.4 is 0 Å². The third-order valence-electron chi connectivity index (χ3n) is 2.71. The molecule has 0 N–H and O–H groups in total. The van der Waals surface area contributed by atoms with Crippen molar-refractivity contribution in [1.82, 2.24) is 0 Å². The Hall–Kier alpha value is -1.19. The highest BCUT2D eigenvalue weighted by Crippen LogP contribution is 2.18. The molecule has 1 aromatic carbocycles. The summed E-state index contributed by atoms with van der Waals surface area (Å²) in [7, 11) is 0. The fraction of sp³-hybridized carbons (Fsp3) is 0.462. The quantitative estimate of drug-likeness (QED) is 0.711. The standard InChI is InChI=1S/C13H16O3/c14-8-12-6-7-13(16-12)10-15-9-11-4-2-1-3-5-11/h1-5,8,12-13H,6-7,9-10H2. The van der Waals surface area contributed by atoms with E-state index < -0.39 is 0 Å². The van der Waals surface area contributed by atoms with Gasteiger partial charge in [-0.3, -0.25) is 0 Å². The molecule has 0 spiro atoms. The molecule has 0 radical (unpaired) electrons. The van der Waals surface area contributed by atoms with Crippen LogP contribution in [-0.4, -0.2) is 25.1 Å². The van der Waals surface area contributed by atoms with Crippen molar-refractivity contribution in [2.24, 2.45) is 0 Å². The second-order valence-electron chi connectivity index (χ2n) is 4.01. The first kappa shape index (κ1) is 11.3. The van der Waals surface area contributed by atoms with E-state index in [1.165, 1.54) is 0 Å². The van der Waals surface area contributed by atoms with E-state index in [0.29, 0.717) is 13.2 Å². The van der Waals surface area contributed by atoms with Crippen LogP contribution >= 0.6 is 0 Å². The predicted molar refractivity (Wildman–Crippen MR) is 60.1 cm³/mol. The summed E-state index contributed by atoms with van der Waals surface area (Å²) in [6.07, 6.45) is 2.47. The molecule has 2 unspecified atom stereocenters. The minimum Gasteiger partial charge on any atom is -0.374 e. The van der Waals surface area contributed by atoms with Gasteiger partial charge in [0.2, 0.25) is 0 Å². The summed E-state index contributed by atoms with van der Waals surface area (Å²) < 4.78 is 11.0. The van der Waals surface area contributed by atoms with E-state index in [4.69, 9.17) is 9.47 Å². The molecule has 0 bridgehead atoms. The van der Waals surface area contributed by atoms with E-state index in [9.17, 15) is 4.79 Å². The van der Waals surface area contributed by atoms with Gasteiger partial charge in [-0.05, 0) is 18.4 Å². The van der Waals surface area contributed by atoms with Crippen LogP contribution in [0, 0.1) is 0 Å². The summed E-state index contributed by atoms with van der Waals surface area (Å²) in [4.78, 5) is 10.5. The zero-order chi connectivity index (χ0) is 11.2. The topological polar surface area (TPSA) is 35.5 Å². The smallest absolute Gasteiger partial charge is 0.148 e. The van der Waals surface area contributed by atoms with E-state index in [-0.39, 0.29) is 12.2 Å². The number of ether oxygens (including phenoxy) is 2. The van der Waals surface area contributed by atoms with Gasteiger partial charge < -0.3 is 14.3 Å². The number of hydrogen-bond acceptors (Lipinski definition) is 3. The Bertz CT molecular complexity index is 323. The maximum atomic E-state index is 10.5. The van der Waals surface area contributed by atoms with Crippen LogP contribution in [0.5, 0.6) is 0 Å². The van der Waals surface area contributed by atoms with Crippen LogP contribution in [0.4, 0.5) is 0 Å². The van der Waals surface area contributed by atoms with Gasteiger partial charge in [0.25, 0.3) is 0 Å². The first-order chi connectivity index (χ1) is 7.88. The van der Waals surface area contributed by atoms with Gasteiger partial charge in [0, 0.05) is 0 Å². The minimum absolute atomic E-state index is 0.0823. The molecule has 1 fully saturated rings. The van der Waals surface area contributed by atoms with Gasteiger partial charge >= 0.3 is 0 Å². The second-order valence-corrected chi connectivity index (χ2v) is 4.01. The third kappa shape index (κ3) is 3.15. The van der Waals surface area contributed by atoms with Gasteiger partial charge in [-0.15, -0.1) is 0 Å². The SMILES string of the molecule is O=CC1CCC(COCc2ccccc2)O1. The predicted octanol–water partition coefficient (Wildman–Crippen LogP) is 1.95. The van der Waals surface area contributed by atoms with Crippen molar-refractivity contribution < 1.29 is 14.3 Å². The molecule has 0 saturated carbocycles. The van der Waals surface area contributed by atoms with Gasteiger partial charge in [0.1, 0.15) is 12.4 Å². The lowest BCUT2D eigenvalue weighted by Gasteiger charge is -2.11. The molecule has 1 aromatic rings. The van der Waals surface area contributed by atoms with E-state index in [0.717, 1.165) is 24.7 Å². The number of carbonyl (C=O) groups excluding carboxylic acids is 1. The molecule has 2 rings (SSSR count). The lowest BCUT2D eigenvalue weighted by atomic mass is 10.2. The molecule has 2 atom stereocenters. The van der Waals surface area contributed by atoms with Crippen LogP contribution in [0.3, 0.4) is 0 Å². The molecular weight excluding hydrogens is 204 g/mol. The molecule has 0 aromatic heterocycles. The maximum absolute atomic E-state index is 10.5. The monoisotopic (exact) mass is 220 g/mol. The molecule has 1 aliphatic heterocycles. The van der Waals surface area contributed by atoms with Crippen molar-refractivity contribution in [1.29, 1.82) is 0 Å². The lowest BCUT2D eigenvalue weighted by molar-refractivity contribution is -0.118. The average Bonchev–Trinajstić information content (AvgIpc) is 2.78. The highest BCUT2D eigenvalue weighted by molar-refractivity contribution is 5.56. The van der Waals surface area contributed by atoms with Crippen LogP contribution in [0.15, 0.2) is 30.3 Å². The Morgan fingerprint density at radius 2 is 2.12 bits per heavy atom. The summed E-state index contributed by atoms with van der Waals surface area (Å²) >= 11 is 0. The van der Waals surface area contributed by atoms with Crippen LogP contribution in [0.1, 0.15) is 18.4 Å². The molecule has 0 aliphatic carbocycles. The van der Waals surface area contributed by atoms with E-state index >= 15 is 0 Å². The Labute approximate surface area is 95.4 Å². The van der Waals surface area contributed by atoms with Crippen molar-refractivity contribution >= 4 is 6.29 Å². The van der Waals surface area contributed by atoms with Crippen molar-refractivity contribution in [3.8, 4) is 0 Å². The summed E-state index contributed by atoms with van der Waals surface area (Å²) in [6.45, 7) is 1.17. The fourth-order valence-electron chi connectivity index (χ4n) is 1.84. The number of hydrogen-bond donors (Lipinski definition) is 0. The highest BCUT2D eigenvalue weighted by Gasteiger charge is 2.24. The average molecular weight is 220 g/mol. The number of rotatable bonds is 5. The minimum atomic E-state index is -0.217. The lowest BCUT2D eigenvalue weighted by Crippen LogP contribution is -2.17. The van der Waals surface area contributed by atoms with Crippen molar-refractivity contribution in [2.45, 2.75) is 31.7 Å². The molecule has 0 amide bonds. The second kappa shape index (κ2) is 5.77. The van der Waals surface area contributed by atoms with Crippen LogP contribution in [0.25, 0.3) is 0 Å². The Morgan fingerprint density at radius 3 is 2.81 bits per heavy atom. The molecule has 16 heavy (non-hydrogen) atoms. The van der Waals surface area contributed by atoms with Crippen molar-refractivity contribution in [3.05, 3.63) is 35.9 Å². The Balaban J connectivity index is 1.67. The summed E-state index contributed by atoms with van der Waals surface area (Å²) in [5.41, 5.74) is 1.16. The largest absolute Gasteiger partial charge is 0.374 e. The van der Waals surface area contributed by atoms with Crippen LogP contribution in [0.2, 0.25) is 0 Å². The van der Waals surface area contributed by atoms with Crippen molar-refractivity contribution in [3.63, 3.8) is 0 Å². The van der Waals surface area contributed by atoms with Gasteiger partial charge in [-0.25, -0.2) is 0 Å². The molecule has 1 aliphatic rings. The molecule has 1 saturated heterocycles. The van der Waals surface area contributed by atoms with Gasteiger partial charge in [-0.2, -0.15) is 0 Å². The molecule has 3 nitrogen and oxygen atoms in total. The van der Waals surface area contributed by atoms with Gasteiger partial charge in [0.15, 0.2) is 0 Å². The molecule has 1 heterocycles. The zero-order valence-corrected chi connectivity index (χ0v) is 9.17. The van der Waals surface area contributed by atoms with Gasteiger partial charge in [-0.1, -0.05) is 30.3 Å². The Kier molecular flexibility index (Phi) is 4.08. The highest BCUT2D eigenvalue weighted by atomic mass is 16.5. The van der Waals surface area contributed by atoms with E-state index in [1.54, 1.807) is 0 Å². The summed E-state index contributed by atoms with van der Waals surface area (Å²) in [5, 5.41) is 0. The normalized spacial score (nSPS) is 24.5. The van der Waals surface area contributed by atoms with Crippen LogP contribution in [-0.2, 0) is 20.9 Å². The summed E-state index contributed by atoms with van der Waals surface area (Å²) in [6, 6.07) is 10.0. The first-order valence-corrected chi connectivity index (χ1v) is 5.61. The number of carbonyl (C=O) groups is 1. The van der Waals surface area contributed by atoms with Crippen molar-refractivity contribution in [2.75, 3.05) is 6.61 Å². The zero-order valence-electron chi connectivity index (χ0n) is 9.17. The summed E-state index contributed by atoms with van der Waals surface area (Å²) in [5.74, 6) is 0. The van der Waals surface area contributed by atoms with Gasteiger partial charge in [0.05, 0.1) is 19.3 Å². The third-order valence-corrected chi connectivity index (χ3v) is 2.71. The molecule has 86 valence electrons. The molecule has 3 heteroatoms. The van der Waals surface area contributed by atoms with E-state index in [1.807, 2.05) is 30.3 Å². The van der Waals surface area contributed by atoms with E-state index in [2.05, 4.69) is 0 Å². The fourth-order valence-corrected chi connectivity index (χ4v) is 1.84. The maximum Gasteiger partial charge on any atom is 0.148 e. The number of benzene rings is 1. The Morgan fingerprint density at radius 1 is 1.31 bits per heavy atom. The first-order valence-electron chi connectivity index (χ1n) is 5.61.